The molecule has 0 radical (unpaired) electrons. The van der Waals surface area contributed by atoms with Crippen molar-refractivity contribution in [2.45, 2.75) is 102 Å². The Morgan fingerprint density at radius 2 is 1.32 bits per heavy atom. The maximum atomic E-state index is 11.8. The van der Waals surface area contributed by atoms with E-state index in [1.165, 1.54) is 19.3 Å². The van der Waals surface area contributed by atoms with Crippen LogP contribution in [0.4, 0.5) is 0 Å². The van der Waals surface area contributed by atoms with Crippen molar-refractivity contribution in [3.8, 4) is 0 Å². The normalized spacial score (nSPS) is 32.6. The van der Waals surface area contributed by atoms with E-state index in [1.807, 2.05) is 6.92 Å². The fourth-order valence-corrected chi connectivity index (χ4v) is 3.03. The van der Waals surface area contributed by atoms with Gasteiger partial charge in [-0.05, 0) is 12.8 Å². The van der Waals surface area contributed by atoms with Gasteiger partial charge in [-0.3, -0.25) is 4.79 Å². The van der Waals surface area contributed by atoms with Crippen molar-refractivity contribution in [2.24, 2.45) is 0 Å². The van der Waals surface area contributed by atoms with Gasteiger partial charge in [-0.1, -0.05) is 46.0 Å². The zero-order valence-corrected chi connectivity index (χ0v) is 15.3. The Hall–Kier alpha value is -0.730. The molecule has 0 spiro atoms. The minimum Gasteiger partial charge on any atom is -0.457 e. The number of hydrogen-bond acceptors (Lipinski definition) is 7. The standard InChI is InChI=1S/C18H34O7/c1-3-5-6-7-8-9-11-24-17-15(22)13(20)14(21)16(23)18(17)25-12(19)10-4-2/h13-18,20-23H,3-11H2,1-2H3/t13-,14-,15+,16+,17-,18+/m1/s1. The van der Waals surface area contributed by atoms with Crippen LogP contribution in [0.2, 0.25) is 0 Å². The number of aliphatic hydroxyl groups is 4. The molecule has 7 heteroatoms. The summed E-state index contributed by atoms with van der Waals surface area (Å²) < 4.78 is 10.8. The minimum absolute atomic E-state index is 0.169. The SMILES string of the molecule is CCCCCCCCO[C@@H]1[C@@H](O)[C@H](O)[C@@H](O)[C@H](O)[C@@H]1OC(=O)CCC. The molecule has 0 saturated heterocycles. The number of rotatable bonds is 11. The first-order valence-corrected chi connectivity index (χ1v) is 9.47. The van der Waals surface area contributed by atoms with Gasteiger partial charge in [0, 0.05) is 13.0 Å². The number of carbonyl (C=O) groups is 1. The third-order valence-corrected chi connectivity index (χ3v) is 4.58. The quantitative estimate of drug-likeness (QED) is 0.319. The van der Waals surface area contributed by atoms with Gasteiger partial charge in [-0.2, -0.15) is 0 Å². The molecule has 0 aliphatic heterocycles. The molecule has 7 nitrogen and oxygen atoms in total. The van der Waals surface area contributed by atoms with E-state index >= 15 is 0 Å². The van der Waals surface area contributed by atoms with Gasteiger partial charge >= 0.3 is 5.97 Å². The summed E-state index contributed by atoms with van der Waals surface area (Å²) in [6.45, 7) is 4.29. The second-order valence-electron chi connectivity index (χ2n) is 6.77. The summed E-state index contributed by atoms with van der Waals surface area (Å²) in [6, 6.07) is 0. The lowest BCUT2D eigenvalue weighted by Crippen LogP contribution is -2.65. The molecule has 0 heterocycles. The van der Waals surface area contributed by atoms with E-state index in [2.05, 4.69) is 6.92 Å². The lowest BCUT2D eigenvalue weighted by atomic mass is 9.84. The number of hydrogen-bond donors (Lipinski definition) is 4. The molecule has 0 aromatic carbocycles. The van der Waals surface area contributed by atoms with Crippen LogP contribution in [0.5, 0.6) is 0 Å². The van der Waals surface area contributed by atoms with Crippen molar-refractivity contribution in [1.82, 2.24) is 0 Å². The molecule has 25 heavy (non-hydrogen) atoms. The minimum atomic E-state index is -1.59. The molecule has 0 unspecified atom stereocenters. The fourth-order valence-electron chi connectivity index (χ4n) is 3.03. The molecule has 148 valence electrons. The van der Waals surface area contributed by atoms with Gasteiger partial charge in [-0.25, -0.2) is 0 Å². The monoisotopic (exact) mass is 362 g/mol. The van der Waals surface area contributed by atoms with Gasteiger partial charge in [0.15, 0.2) is 6.10 Å². The molecular weight excluding hydrogens is 328 g/mol. The van der Waals surface area contributed by atoms with Gasteiger partial charge in [0.1, 0.15) is 30.5 Å². The van der Waals surface area contributed by atoms with Crippen molar-refractivity contribution in [3.05, 3.63) is 0 Å². The highest BCUT2D eigenvalue weighted by Gasteiger charge is 2.51. The van der Waals surface area contributed by atoms with Crippen LogP contribution in [0.1, 0.15) is 65.2 Å². The van der Waals surface area contributed by atoms with Crippen molar-refractivity contribution in [1.29, 1.82) is 0 Å². The topological polar surface area (TPSA) is 116 Å². The summed E-state index contributed by atoms with van der Waals surface area (Å²) in [5.74, 6) is -0.532. The third-order valence-electron chi connectivity index (χ3n) is 4.58. The lowest BCUT2D eigenvalue weighted by molar-refractivity contribution is -0.244. The smallest absolute Gasteiger partial charge is 0.306 e. The molecule has 1 rings (SSSR count). The molecule has 0 amide bonds. The Morgan fingerprint density at radius 1 is 0.760 bits per heavy atom. The first-order valence-electron chi connectivity index (χ1n) is 9.47. The average Bonchev–Trinajstić information content (AvgIpc) is 2.59. The first kappa shape index (κ1) is 22.3. The van der Waals surface area contributed by atoms with Crippen LogP contribution in [0.25, 0.3) is 0 Å². The molecule has 1 aliphatic carbocycles. The van der Waals surface area contributed by atoms with Crippen molar-refractivity contribution < 1.29 is 34.7 Å². The number of ether oxygens (including phenoxy) is 2. The first-order chi connectivity index (χ1) is 11.9. The molecule has 1 fully saturated rings. The highest BCUT2D eigenvalue weighted by atomic mass is 16.6. The maximum Gasteiger partial charge on any atom is 0.306 e. The fraction of sp³-hybridized carbons (Fsp3) is 0.944. The predicted octanol–water partition coefficient (Wildman–Crippen LogP) is 0.901. The van der Waals surface area contributed by atoms with Gasteiger partial charge in [0.25, 0.3) is 0 Å². The van der Waals surface area contributed by atoms with E-state index < -0.39 is 42.6 Å². The van der Waals surface area contributed by atoms with Crippen molar-refractivity contribution in [3.63, 3.8) is 0 Å². The Bertz CT molecular complexity index is 376. The van der Waals surface area contributed by atoms with Crippen LogP contribution in [0, 0.1) is 0 Å². The van der Waals surface area contributed by atoms with Crippen LogP contribution in [-0.2, 0) is 14.3 Å². The van der Waals surface area contributed by atoms with Gasteiger partial charge in [0.2, 0.25) is 0 Å². The van der Waals surface area contributed by atoms with Crippen LogP contribution in [-0.4, -0.2) is 69.6 Å². The highest BCUT2D eigenvalue weighted by molar-refractivity contribution is 5.69. The summed E-state index contributed by atoms with van der Waals surface area (Å²) >= 11 is 0. The average molecular weight is 362 g/mol. The maximum absolute atomic E-state index is 11.8. The summed E-state index contributed by atoms with van der Waals surface area (Å²) in [5.41, 5.74) is 0. The molecule has 4 N–H and O–H groups in total. The zero-order valence-electron chi connectivity index (χ0n) is 15.3. The highest BCUT2D eigenvalue weighted by Crippen LogP contribution is 2.27. The zero-order chi connectivity index (χ0) is 18.8. The van der Waals surface area contributed by atoms with Gasteiger partial charge in [-0.15, -0.1) is 0 Å². The second-order valence-corrected chi connectivity index (χ2v) is 6.77. The van der Waals surface area contributed by atoms with Gasteiger partial charge < -0.3 is 29.9 Å². The van der Waals surface area contributed by atoms with Crippen molar-refractivity contribution in [2.75, 3.05) is 6.61 Å². The number of unbranched alkanes of at least 4 members (excludes halogenated alkanes) is 5. The molecule has 0 aromatic heterocycles. The van der Waals surface area contributed by atoms with Crippen LogP contribution < -0.4 is 0 Å². The lowest BCUT2D eigenvalue weighted by Gasteiger charge is -2.43. The largest absolute Gasteiger partial charge is 0.457 e. The molecule has 6 atom stereocenters. The summed E-state index contributed by atoms with van der Waals surface area (Å²) in [5, 5.41) is 40.0. The van der Waals surface area contributed by atoms with Crippen molar-refractivity contribution >= 4 is 5.97 Å². The van der Waals surface area contributed by atoms with Crippen LogP contribution in [0.15, 0.2) is 0 Å². The predicted molar refractivity (Wildman–Crippen MR) is 91.9 cm³/mol. The number of esters is 1. The Kier molecular flexibility index (Phi) is 10.5. The number of aliphatic hydroxyl groups excluding tert-OH is 4. The van der Waals surface area contributed by atoms with E-state index in [1.54, 1.807) is 0 Å². The van der Waals surface area contributed by atoms with Gasteiger partial charge in [0.05, 0.1) is 0 Å². The summed E-state index contributed by atoms with van der Waals surface area (Å²) in [7, 11) is 0. The Morgan fingerprint density at radius 3 is 1.92 bits per heavy atom. The van der Waals surface area contributed by atoms with Crippen LogP contribution in [0.3, 0.4) is 0 Å². The molecule has 1 aliphatic rings. The van der Waals surface area contributed by atoms with E-state index in [9.17, 15) is 25.2 Å². The van der Waals surface area contributed by atoms with E-state index in [-0.39, 0.29) is 6.42 Å². The molecule has 0 bridgehead atoms. The summed E-state index contributed by atoms with van der Waals surface area (Å²) in [4.78, 5) is 11.8. The van der Waals surface area contributed by atoms with E-state index in [4.69, 9.17) is 9.47 Å². The van der Waals surface area contributed by atoms with E-state index in [0.717, 1.165) is 19.3 Å². The van der Waals surface area contributed by atoms with E-state index in [0.29, 0.717) is 13.0 Å². The second kappa shape index (κ2) is 11.8. The molecule has 1 saturated carbocycles. The Balaban J connectivity index is 2.57. The third kappa shape index (κ3) is 6.83. The Labute approximate surface area is 150 Å². The number of carbonyl (C=O) groups excluding carboxylic acids is 1. The molecule has 0 aromatic rings. The van der Waals surface area contributed by atoms with Crippen LogP contribution >= 0.6 is 0 Å². The molecular formula is C18H34O7. The summed E-state index contributed by atoms with van der Waals surface area (Å²) in [6.07, 6.45) is -1.19.